The summed E-state index contributed by atoms with van der Waals surface area (Å²) in [4.78, 5) is 13.4. The average molecular weight is 311 g/mol. The Balaban J connectivity index is 1.92. The minimum atomic E-state index is -0.227. The molecule has 2 aliphatic rings. The summed E-state index contributed by atoms with van der Waals surface area (Å²) in [6.45, 7) is 2.39. The lowest BCUT2D eigenvalue weighted by atomic mass is 9.82. The summed E-state index contributed by atoms with van der Waals surface area (Å²) in [5.41, 5.74) is 2.54. The molecule has 0 radical (unpaired) electrons. The van der Waals surface area contributed by atoms with Crippen molar-refractivity contribution in [1.29, 1.82) is 0 Å². The quantitative estimate of drug-likeness (QED) is 0.801. The number of nitrogens with one attached hydrogen (secondary N) is 1. The van der Waals surface area contributed by atoms with E-state index >= 15 is 0 Å². The molecule has 1 amide bonds. The number of hydrogen-bond acceptors (Lipinski definition) is 3. The Hall–Kier alpha value is -1.23. The molecule has 0 bridgehead atoms. The summed E-state index contributed by atoms with van der Waals surface area (Å²) in [6, 6.07) is 6.29. The molecule has 2 heterocycles. The Morgan fingerprint density at radius 1 is 1.56 bits per heavy atom. The van der Waals surface area contributed by atoms with Gasteiger partial charge < -0.3 is 15.0 Å². The molecule has 1 saturated heterocycles. The van der Waals surface area contributed by atoms with E-state index in [0.29, 0.717) is 0 Å². The number of carbonyl (C=O) groups is 1. The van der Waals surface area contributed by atoms with Crippen molar-refractivity contribution in [3.8, 4) is 0 Å². The van der Waals surface area contributed by atoms with Gasteiger partial charge in [-0.05, 0) is 30.2 Å². The third kappa shape index (κ3) is 1.68. The molecule has 0 aliphatic carbocycles. The molecular formula is C13H15BrN2O2. The Kier molecular flexibility index (Phi) is 2.73. The number of likely N-dealkylation sites (tertiary alicyclic amines) is 1. The smallest absolute Gasteiger partial charge is 0.409 e. The molecule has 1 fully saturated rings. The highest BCUT2D eigenvalue weighted by molar-refractivity contribution is 9.10. The summed E-state index contributed by atoms with van der Waals surface area (Å²) < 4.78 is 5.89. The van der Waals surface area contributed by atoms with E-state index in [1.165, 1.54) is 18.4 Å². The van der Waals surface area contributed by atoms with E-state index in [1.54, 1.807) is 4.90 Å². The summed E-state index contributed by atoms with van der Waals surface area (Å²) >= 11 is 3.52. The van der Waals surface area contributed by atoms with Crippen LogP contribution < -0.4 is 5.32 Å². The summed E-state index contributed by atoms with van der Waals surface area (Å²) in [7, 11) is 1.44. The van der Waals surface area contributed by atoms with Crippen LogP contribution in [0.25, 0.3) is 0 Å². The van der Waals surface area contributed by atoms with E-state index in [2.05, 4.69) is 33.4 Å². The van der Waals surface area contributed by atoms with E-state index in [-0.39, 0.29) is 11.5 Å². The Morgan fingerprint density at radius 2 is 2.39 bits per heavy atom. The number of nitrogens with zero attached hydrogens (tertiary/aromatic N) is 1. The van der Waals surface area contributed by atoms with Gasteiger partial charge in [0.1, 0.15) is 0 Å². The normalized spacial score (nSPS) is 25.1. The van der Waals surface area contributed by atoms with Crippen LogP contribution in [-0.2, 0) is 10.2 Å². The van der Waals surface area contributed by atoms with Crippen LogP contribution in [0.4, 0.5) is 10.5 Å². The van der Waals surface area contributed by atoms with Crippen molar-refractivity contribution in [2.24, 2.45) is 0 Å². The molecule has 2 aliphatic heterocycles. The number of carbonyl (C=O) groups excluding carboxylic acids is 1. The Labute approximate surface area is 114 Å². The highest BCUT2D eigenvalue weighted by atomic mass is 79.9. The second-order valence-corrected chi connectivity index (χ2v) is 5.88. The topological polar surface area (TPSA) is 41.6 Å². The fraction of sp³-hybridized carbons (Fsp3) is 0.462. The largest absolute Gasteiger partial charge is 0.453 e. The third-order valence-electron chi connectivity index (χ3n) is 3.96. The second kappa shape index (κ2) is 4.16. The monoisotopic (exact) mass is 310 g/mol. The van der Waals surface area contributed by atoms with Crippen molar-refractivity contribution in [2.75, 3.05) is 32.1 Å². The summed E-state index contributed by atoms with van der Waals surface area (Å²) in [5.74, 6) is 0. The van der Waals surface area contributed by atoms with Crippen molar-refractivity contribution in [3.63, 3.8) is 0 Å². The van der Waals surface area contributed by atoms with Crippen molar-refractivity contribution < 1.29 is 9.53 Å². The van der Waals surface area contributed by atoms with Gasteiger partial charge in [-0.25, -0.2) is 4.79 Å². The van der Waals surface area contributed by atoms with E-state index in [9.17, 15) is 4.79 Å². The van der Waals surface area contributed by atoms with Gasteiger partial charge in [0.05, 0.1) is 7.11 Å². The number of ether oxygens (including phenoxy) is 1. The zero-order valence-electron chi connectivity index (χ0n) is 10.2. The van der Waals surface area contributed by atoms with Gasteiger partial charge >= 0.3 is 6.09 Å². The zero-order valence-corrected chi connectivity index (χ0v) is 11.8. The fourth-order valence-corrected chi connectivity index (χ4v) is 3.35. The molecule has 96 valence electrons. The van der Waals surface area contributed by atoms with E-state index in [1.807, 2.05) is 6.07 Å². The molecule has 5 heteroatoms. The van der Waals surface area contributed by atoms with E-state index in [0.717, 1.165) is 30.5 Å². The highest BCUT2D eigenvalue weighted by Crippen LogP contribution is 2.44. The SMILES string of the molecule is COC(=O)N1CCC2(CNc3ccc(Br)cc32)C1. The Bertz CT molecular complexity index is 506. The van der Waals surface area contributed by atoms with E-state index < -0.39 is 0 Å². The number of methoxy groups -OCH3 is 1. The van der Waals surface area contributed by atoms with Crippen molar-refractivity contribution in [1.82, 2.24) is 4.90 Å². The van der Waals surface area contributed by atoms with Gasteiger partial charge in [-0.3, -0.25) is 0 Å². The fourth-order valence-electron chi connectivity index (χ4n) is 2.99. The predicted molar refractivity (Wildman–Crippen MR) is 72.9 cm³/mol. The van der Waals surface area contributed by atoms with Crippen molar-refractivity contribution in [2.45, 2.75) is 11.8 Å². The number of hydrogen-bond donors (Lipinski definition) is 1. The zero-order chi connectivity index (χ0) is 12.8. The average Bonchev–Trinajstić information content (AvgIpc) is 2.96. The number of benzene rings is 1. The maximum atomic E-state index is 11.6. The number of halogens is 1. The number of rotatable bonds is 0. The number of fused-ring (bicyclic) bond motifs is 2. The molecule has 0 saturated carbocycles. The van der Waals surface area contributed by atoms with Crippen LogP contribution in [0.15, 0.2) is 22.7 Å². The molecule has 1 aromatic carbocycles. The van der Waals surface area contributed by atoms with Gasteiger partial charge in [-0.2, -0.15) is 0 Å². The first-order valence-electron chi connectivity index (χ1n) is 6.01. The highest BCUT2D eigenvalue weighted by Gasteiger charge is 2.45. The lowest BCUT2D eigenvalue weighted by Crippen LogP contribution is -2.35. The van der Waals surface area contributed by atoms with Gasteiger partial charge in [0, 0.05) is 35.2 Å². The van der Waals surface area contributed by atoms with E-state index in [4.69, 9.17) is 4.74 Å². The maximum absolute atomic E-state index is 11.6. The first-order chi connectivity index (χ1) is 8.64. The molecule has 18 heavy (non-hydrogen) atoms. The van der Waals surface area contributed by atoms with Gasteiger partial charge in [-0.1, -0.05) is 15.9 Å². The number of amides is 1. The van der Waals surface area contributed by atoms with Gasteiger partial charge in [-0.15, -0.1) is 0 Å². The van der Waals surface area contributed by atoms with Crippen LogP contribution in [0.1, 0.15) is 12.0 Å². The number of anilines is 1. The standard InChI is InChI=1S/C13H15BrN2O2/c1-18-12(17)16-5-4-13(8-16)7-15-11-3-2-9(14)6-10(11)13/h2-3,6,15H,4-5,7-8H2,1H3. The maximum Gasteiger partial charge on any atom is 0.409 e. The summed E-state index contributed by atoms with van der Waals surface area (Å²) in [5, 5.41) is 3.44. The molecule has 1 spiro atoms. The molecule has 4 nitrogen and oxygen atoms in total. The van der Waals surface area contributed by atoms with Crippen molar-refractivity contribution >= 4 is 27.7 Å². The van der Waals surface area contributed by atoms with Crippen LogP contribution in [0.5, 0.6) is 0 Å². The molecule has 1 atom stereocenters. The van der Waals surface area contributed by atoms with Crippen LogP contribution in [0, 0.1) is 0 Å². The minimum absolute atomic E-state index is 0.0489. The molecule has 0 aromatic heterocycles. The first kappa shape index (κ1) is 11.8. The van der Waals surface area contributed by atoms with Gasteiger partial charge in [0.15, 0.2) is 0 Å². The molecule has 1 aromatic rings. The lowest BCUT2D eigenvalue weighted by Gasteiger charge is -2.23. The Morgan fingerprint density at radius 3 is 3.17 bits per heavy atom. The first-order valence-corrected chi connectivity index (χ1v) is 6.81. The molecular weight excluding hydrogens is 296 g/mol. The van der Waals surface area contributed by atoms with Gasteiger partial charge in [0.2, 0.25) is 0 Å². The van der Waals surface area contributed by atoms with Crippen molar-refractivity contribution in [3.05, 3.63) is 28.2 Å². The second-order valence-electron chi connectivity index (χ2n) is 4.97. The molecule has 3 rings (SSSR count). The van der Waals surface area contributed by atoms with Crippen LogP contribution in [0.3, 0.4) is 0 Å². The predicted octanol–water partition coefficient (Wildman–Crippen LogP) is 2.58. The van der Waals surface area contributed by atoms with Crippen LogP contribution in [-0.4, -0.2) is 37.7 Å². The van der Waals surface area contributed by atoms with Crippen LogP contribution in [0.2, 0.25) is 0 Å². The lowest BCUT2D eigenvalue weighted by molar-refractivity contribution is 0.131. The minimum Gasteiger partial charge on any atom is -0.453 e. The summed E-state index contributed by atoms with van der Waals surface area (Å²) in [6.07, 6.45) is 0.758. The molecule has 1 unspecified atom stereocenters. The molecule has 1 N–H and O–H groups in total. The van der Waals surface area contributed by atoms with Gasteiger partial charge in [0.25, 0.3) is 0 Å². The van der Waals surface area contributed by atoms with Crippen LogP contribution >= 0.6 is 15.9 Å². The third-order valence-corrected chi connectivity index (χ3v) is 4.45.